The fourth-order valence-corrected chi connectivity index (χ4v) is 3.49. The van der Waals surface area contributed by atoms with Gasteiger partial charge >= 0.3 is 0 Å². The van der Waals surface area contributed by atoms with Crippen molar-refractivity contribution >= 4 is 34.5 Å². The average Bonchev–Trinajstić information content (AvgIpc) is 3.07. The highest BCUT2D eigenvalue weighted by atomic mass is 32.1. The molecule has 0 bridgehead atoms. The Kier molecular flexibility index (Phi) is 5.66. The first-order valence-corrected chi connectivity index (χ1v) is 9.49. The summed E-state index contributed by atoms with van der Waals surface area (Å²) in [6.45, 7) is 5.50. The Balaban J connectivity index is 1.66. The van der Waals surface area contributed by atoms with E-state index in [1.54, 1.807) is 0 Å². The first kappa shape index (κ1) is 18.8. The fraction of sp³-hybridized carbons (Fsp3) is 0.190. The van der Waals surface area contributed by atoms with E-state index in [2.05, 4.69) is 15.6 Å². The van der Waals surface area contributed by atoms with Crippen LogP contribution in [0.2, 0.25) is 0 Å². The number of carbonyl (C=O) groups is 2. The summed E-state index contributed by atoms with van der Waals surface area (Å²) < 4.78 is 0. The summed E-state index contributed by atoms with van der Waals surface area (Å²) in [7, 11) is 0. The third-order valence-corrected chi connectivity index (χ3v) is 5.16. The Hall–Kier alpha value is -2.99. The van der Waals surface area contributed by atoms with Crippen molar-refractivity contribution < 1.29 is 9.59 Å². The lowest BCUT2D eigenvalue weighted by Crippen LogP contribution is -2.15. The van der Waals surface area contributed by atoms with Gasteiger partial charge in [-0.2, -0.15) is 0 Å². The quantitative estimate of drug-likeness (QED) is 0.682. The molecule has 1 aromatic heterocycles. The first-order valence-electron chi connectivity index (χ1n) is 8.61. The zero-order valence-corrected chi connectivity index (χ0v) is 16.3. The van der Waals surface area contributed by atoms with Crippen LogP contribution in [-0.2, 0) is 16.0 Å². The van der Waals surface area contributed by atoms with Gasteiger partial charge in [-0.05, 0) is 55.3 Å². The number of nitrogens with one attached hydrogen (secondary N) is 2. The molecule has 2 N–H and O–H groups in total. The zero-order valence-electron chi connectivity index (χ0n) is 15.5. The Morgan fingerprint density at radius 3 is 2.48 bits per heavy atom. The van der Waals surface area contributed by atoms with Crippen LogP contribution in [0.5, 0.6) is 0 Å². The van der Waals surface area contributed by atoms with Crippen LogP contribution in [0, 0.1) is 13.8 Å². The Bertz CT molecular complexity index is 977. The molecule has 0 saturated carbocycles. The SMILES string of the molecule is CC(=O)Nc1ccc(-c2nc(CC(=O)Nc3cccc(C)c3C)cs2)cc1. The molecular weight excluding hydrogens is 358 g/mol. The number of nitrogens with zero attached hydrogens (tertiary/aromatic N) is 1. The molecule has 6 heteroatoms. The monoisotopic (exact) mass is 379 g/mol. The summed E-state index contributed by atoms with van der Waals surface area (Å²) in [6.07, 6.45) is 0.230. The Morgan fingerprint density at radius 2 is 1.78 bits per heavy atom. The van der Waals surface area contributed by atoms with Crippen molar-refractivity contribution in [1.82, 2.24) is 4.98 Å². The predicted octanol–water partition coefficient (Wildman–Crippen LogP) is 4.57. The third-order valence-electron chi connectivity index (χ3n) is 4.22. The third kappa shape index (κ3) is 4.80. The lowest BCUT2D eigenvalue weighted by Gasteiger charge is -2.09. The lowest BCUT2D eigenvalue weighted by atomic mass is 10.1. The van der Waals surface area contributed by atoms with E-state index in [4.69, 9.17) is 0 Å². The van der Waals surface area contributed by atoms with Crippen molar-refractivity contribution in [3.05, 3.63) is 64.7 Å². The Morgan fingerprint density at radius 1 is 1.04 bits per heavy atom. The van der Waals surface area contributed by atoms with Gasteiger partial charge in [-0.3, -0.25) is 9.59 Å². The van der Waals surface area contributed by atoms with Gasteiger partial charge in [-0.25, -0.2) is 4.98 Å². The summed E-state index contributed by atoms with van der Waals surface area (Å²) in [5, 5.41) is 8.45. The fourth-order valence-electron chi connectivity index (χ4n) is 2.67. The second-order valence-corrected chi connectivity index (χ2v) is 7.23. The number of thiazole rings is 1. The van der Waals surface area contributed by atoms with Gasteiger partial charge in [0.25, 0.3) is 0 Å². The van der Waals surface area contributed by atoms with Crippen molar-refractivity contribution in [1.29, 1.82) is 0 Å². The second kappa shape index (κ2) is 8.14. The van der Waals surface area contributed by atoms with Crippen molar-refractivity contribution in [3.63, 3.8) is 0 Å². The van der Waals surface area contributed by atoms with Crippen molar-refractivity contribution in [2.75, 3.05) is 10.6 Å². The second-order valence-electron chi connectivity index (χ2n) is 6.37. The molecule has 1 heterocycles. The zero-order chi connectivity index (χ0) is 19.4. The number of benzene rings is 2. The maximum atomic E-state index is 12.4. The van der Waals surface area contributed by atoms with Crippen molar-refractivity contribution in [2.45, 2.75) is 27.2 Å². The highest BCUT2D eigenvalue weighted by molar-refractivity contribution is 7.13. The van der Waals surface area contributed by atoms with E-state index >= 15 is 0 Å². The van der Waals surface area contributed by atoms with Crippen molar-refractivity contribution in [2.24, 2.45) is 0 Å². The number of hydrogen-bond donors (Lipinski definition) is 2. The molecule has 0 atom stereocenters. The van der Waals surface area contributed by atoms with Crippen molar-refractivity contribution in [3.8, 4) is 10.6 Å². The van der Waals surface area contributed by atoms with Gasteiger partial charge in [0.05, 0.1) is 12.1 Å². The standard InChI is InChI=1S/C21H21N3O2S/c1-13-5-4-6-19(14(13)2)24-20(26)11-18-12-27-21(23-18)16-7-9-17(10-8-16)22-15(3)25/h4-10,12H,11H2,1-3H3,(H,22,25)(H,24,26). The smallest absolute Gasteiger partial charge is 0.230 e. The minimum absolute atomic E-state index is 0.0819. The lowest BCUT2D eigenvalue weighted by molar-refractivity contribution is -0.116. The number of amides is 2. The largest absolute Gasteiger partial charge is 0.326 e. The van der Waals surface area contributed by atoms with Gasteiger partial charge in [0.2, 0.25) is 11.8 Å². The summed E-state index contributed by atoms with van der Waals surface area (Å²) >= 11 is 1.50. The molecule has 3 rings (SSSR count). The molecule has 0 aliphatic rings. The molecule has 0 aliphatic carbocycles. The van der Waals surface area contributed by atoms with Crippen LogP contribution in [0.3, 0.4) is 0 Å². The molecular formula is C21H21N3O2S. The summed E-state index contributed by atoms with van der Waals surface area (Å²) in [5.74, 6) is -0.185. The molecule has 0 fully saturated rings. The predicted molar refractivity (Wildman–Crippen MR) is 110 cm³/mol. The first-order chi connectivity index (χ1) is 12.9. The highest BCUT2D eigenvalue weighted by Crippen LogP contribution is 2.25. The van der Waals surface area contributed by atoms with Gasteiger partial charge in [0.15, 0.2) is 0 Å². The van der Waals surface area contributed by atoms with Crippen LogP contribution in [0.1, 0.15) is 23.7 Å². The number of carbonyl (C=O) groups excluding carboxylic acids is 2. The topological polar surface area (TPSA) is 71.1 Å². The van der Waals surface area contributed by atoms with Gasteiger partial charge in [-0.15, -0.1) is 11.3 Å². The van der Waals surface area contributed by atoms with Gasteiger partial charge < -0.3 is 10.6 Å². The summed E-state index contributed by atoms with van der Waals surface area (Å²) in [4.78, 5) is 28.0. The number of anilines is 2. The van der Waals surface area contributed by atoms with Crippen LogP contribution >= 0.6 is 11.3 Å². The van der Waals surface area contributed by atoms with E-state index in [9.17, 15) is 9.59 Å². The minimum atomic E-state index is -0.103. The number of hydrogen-bond acceptors (Lipinski definition) is 4. The maximum Gasteiger partial charge on any atom is 0.230 e. The number of aromatic nitrogens is 1. The molecule has 138 valence electrons. The molecule has 5 nitrogen and oxygen atoms in total. The highest BCUT2D eigenvalue weighted by Gasteiger charge is 2.11. The van der Waals surface area contributed by atoms with E-state index in [1.165, 1.54) is 18.3 Å². The van der Waals surface area contributed by atoms with Crippen LogP contribution in [0.4, 0.5) is 11.4 Å². The molecule has 0 spiro atoms. The van der Waals surface area contributed by atoms with Gasteiger partial charge in [-0.1, -0.05) is 12.1 Å². The summed E-state index contributed by atoms with van der Waals surface area (Å²) in [6, 6.07) is 13.4. The molecule has 0 unspecified atom stereocenters. The molecule has 0 saturated heterocycles. The van der Waals surface area contributed by atoms with E-state index in [0.29, 0.717) is 0 Å². The normalized spacial score (nSPS) is 10.5. The van der Waals surface area contributed by atoms with Crippen LogP contribution in [-0.4, -0.2) is 16.8 Å². The van der Waals surface area contributed by atoms with Crippen LogP contribution < -0.4 is 10.6 Å². The Labute approximate surface area is 162 Å². The van der Waals surface area contributed by atoms with Gasteiger partial charge in [0, 0.05) is 29.2 Å². The average molecular weight is 379 g/mol. The van der Waals surface area contributed by atoms with Crippen LogP contribution in [0.25, 0.3) is 10.6 Å². The van der Waals surface area contributed by atoms with E-state index in [-0.39, 0.29) is 18.2 Å². The maximum absolute atomic E-state index is 12.4. The molecule has 3 aromatic rings. The summed E-state index contributed by atoms with van der Waals surface area (Å²) in [5.41, 5.74) is 5.49. The molecule has 2 aromatic carbocycles. The van der Waals surface area contributed by atoms with Crippen LogP contribution in [0.15, 0.2) is 47.8 Å². The van der Waals surface area contributed by atoms with E-state index in [0.717, 1.165) is 38.8 Å². The van der Waals surface area contributed by atoms with Gasteiger partial charge in [0.1, 0.15) is 5.01 Å². The molecule has 2 amide bonds. The molecule has 0 aliphatic heterocycles. The number of aryl methyl sites for hydroxylation is 1. The van der Waals surface area contributed by atoms with E-state index < -0.39 is 0 Å². The van der Waals surface area contributed by atoms with E-state index in [1.807, 2.05) is 61.7 Å². The molecule has 27 heavy (non-hydrogen) atoms. The molecule has 0 radical (unpaired) electrons. The minimum Gasteiger partial charge on any atom is -0.326 e. The number of rotatable bonds is 5.